The Balaban J connectivity index is 0.000000872. The molecule has 0 saturated carbocycles. The lowest BCUT2D eigenvalue weighted by atomic mass is 9.86. The van der Waals surface area contributed by atoms with Crippen LogP contribution in [0.5, 0.6) is 0 Å². The Morgan fingerprint density at radius 1 is 0.853 bits per heavy atom. The van der Waals surface area contributed by atoms with E-state index in [0.29, 0.717) is 17.1 Å². The fraction of sp³-hybridized carbons (Fsp3) is 0.400. The summed E-state index contributed by atoms with van der Waals surface area (Å²) in [7, 11) is 0. The molecule has 184 valence electrons. The first-order valence-electron chi connectivity index (χ1n) is 12.2. The van der Waals surface area contributed by atoms with Crippen molar-refractivity contribution in [3.8, 4) is 0 Å². The maximum absolute atomic E-state index is 13.3. The summed E-state index contributed by atoms with van der Waals surface area (Å²) in [5.41, 5.74) is 4.45. The van der Waals surface area contributed by atoms with Crippen molar-refractivity contribution in [1.29, 1.82) is 0 Å². The van der Waals surface area contributed by atoms with Crippen LogP contribution in [0, 0.1) is 6.92 Å². The smallest absolute Gasteiger partial charge is 0.258 e. The zero-order chi connectivity index (χ0) is 25.7. The van der Waals surface area contributed by atoms with Crippen LogP contribution in [0.2, 0.25) is 5.02 Å². The number of nitrogens with zero attached hydrogens (tertiary/aromatic N) is 2. The third kappa shape index (κ3) is 9.69. The number of rotatable bonds is 4. The van der Waals surface area contributed by atoms with E-state index in [0.717, 1.165) is 17.1 Å². The fourth-order valence-electron chi connectivity index (χ4n) is 3.02. The largest absolute Gasteiger partial charge is 0.302 e. The van der Waals surface area contributed by atoms with Crippen molar-refractivity contribution in [3.63, 3.8) is 0 Å². The van der Waals surface area contributed by atoms with Gasteiger partial charge in [-0.1, -0.05) is 91.1 Å². The normalized spacial score (nSPS) is 10.4. The van der Waals surface area contributed by atoms with Gasteiger partial charge in [-0.3, -0.25) is 9.78 Å². The lowest BCUT2D eigenvalue weighted by molar-refractivity contribution is 0.0984. The summed E-state index contributed by atoms with van der Waals surface area (Å²) < 4.78 is 0. The molecule has 0 radical (unpaired) electrons. The molecule has 1 amide bonds. The highest BCUT2D eigenvalue weighted by Crippen LogP contribution is 2.25. The molecule has 0 aliphatic heterocycles. The van der Waals surface area contributed by atoms with Crippen molar-refractivity contribution in [2.45, 2.75) is 80.2 Å². The number of carbonyl (C=O) groups excluding carboxylic acids is 1. The zero-order valence-corrected chi connectivity index (χ0v) is 22.9. The minimum Gasteiger partial charge on any atom is -0.302 e. The van der Waals surface area contributed by atoms with E-state index < -0.39 is 0 Å². The molecule has 0 atom stereocenters. The van der Waals surface area contributed by atoms with Gasteiger partial charge in [0.15, 0.2) is 0 Å². The average molecular weight is 481 g/mol. The van der Waals surface area contributed by atoms with E-state index in [1.807, 2.05) is 61.5 Å². The second kappa shape index (κ2) is 14.6. The van der Waals surface area contributed by atoms with E-state index in [2.05, 4.69) is 53.5 Å². The molecule has 0 saturated heterocycles. The van der Waals surface area contributed by atoms with Crippen LogP contribution < -0.4 is 4.90 Å². The molecule has 0 bridgehead atoms. The van der Waals surface area contributed by atoms with Gasteiger partial charge in [0.2, 0.25) is 0 Å². The Kier molecular flexibility index (Phi) is 12.6. The zero-order valence-electron chi connectivity index (χ0n) is 22.2. The fourth-order valence-corrected chi connectivity index (χ4v) is 3.15. The molecule has 4 heteroatoms. The van der Waals surface area contributed by atoms with Gasteiger partial charge in [-0.25, -0.2) is 0 Å². The number of benzene rings is 2. The number of anilines is 1. The molecular weight excluding hydrogens is 440 g/mol. The third-order valence-electron chi connectivity index (χ3n) is 4.65. The Morgan fingerprint density at radius 2 is 1.38 bits per heavy atom. The van der Waals surface area contributed by atoms with Crippen LogP contribution in [0.1, 0.15) is 88.6 Å². The first kappa shape index (κ1) is 29.4. The van der Waals surface area contributed by atoms with Crippen molar-refractivity contribution in [2.75, 3.05) is 4.90 Å². The van der Waals surface area contributed by atoms with Crippen molar-refractivity contribution >= 4 is 23.2 Å². The van der Waals surface area contributed by atoms with Crippen LogP contribution in [0.4, 0.5) is 5.69 Å². The van der Waals surface area contributed by atoms with E-state index in [1.165, 1.54) is 18.4 Å². The van der Waals surface area contributed by atoms with E-state index >= 15 is 0 Å². The lowest BCUT2D eigenvalue weighted by Gasteiger charge is -2.24. The molecule has 0 aliphatic carbocycles. The van der Waals surface area contributed by atoms with Gasteiger partial charge < -0.3 is 4.90 Å². The number of carbonyl (C=O) groups is 1. The van der Waals surface area contributed by atoms with E-state index in [-0.39, 0.29) is 11.3 Å². The monoisotopic (exact) mass is 480 g/mol. The van der Waals surface area contributed by atoms with Gasteiger partial charge in [0.05, 0.1) is 12.2 Å². The lowest BCUT2D eigenvalue weighted by Crippen LogP contribution is -2.31. The van der Waals surface area contributed by atoms with Crippen LogP contribution in [-0.4, -0.2) is 10.9 Å². The number of hydrogen-bond acceptors (Lipinski definition) is 2. The summed E-state index contributed by atoms with van der Waals surface area (Å²) in [6.07, 6.45) is 2.50. The molecule has 0 unspecified atom stereocenters. The summed E-state index contributed by atoms with van der Waals surface area (Å²) in [5, 5.41) is 0.638. The number of hydrogen-bond donors (Lipinski definition) is 0. The van der Waals surface area contributed by atoms with Gasteiger partial charge in [0.1, 0.15) is 0 Å². The van der Waals surface area contributed by atoms with E-state index in [4.69, 9.17) is 11.6 Å². The van der Waals surface area contributed by atoms with Crippen LogP contribution in [-0.2, 0) is 12.0 Å². The second-order valence-electron chi connectivity index (χ2n) is 9.38. The number of aryl methyl sites for hydroxylation is 1. The minimum atomic E-state index is -0.0638. The Morgan fingerprint density at radius 3 is 1.85 bits per heavy atom. The number of halogens is 1. The highest BCUT2D eigenvalue weighted by Gasteiger charge is 2.20. The third-order valence-corrected chi connectivity index (χ3v) is 4.90. The molecule has 0 aliphatic rings. The van der Waals surface area contributed by atoms with Gasteiger partial charge >= 0.3 is 0 Å². The molecule has 3 rings (SSSR count). The first-order valence-corrected chi connectivity index (χ1v) is 12.6. The maximum Gasteiger partial charge on any atom is 0.258 e. The molecule has 0 spiro atoms. The molecule has 1 heterocycles. The predicted octanol–water partition coefficient (Wildman–Crippen LogP) is 9.02. The van der Waals surface area contributed by atoms with E-state index in [9.17, 15) is 4.79 Å². The predicted molar refractivity (Wildman–Crippen MR) is 148 cm³/mol. The Labute approximate surface area is 212 Å². The van der Waals surface area contributed by atoms with Gasteiger partial charge in [-0.15, -0.1) is 0 Å². The molecule has 3 nitrogen and oxygen atoms in total. The molecule has 2 aromatic carbocycles. The quantitative estimate of drug-likeness (QED) is 0.373. The molecular formula is C30H41ClN2O. The van der Waals surface area contributed by atoms with Crippen LogP contribution in [0.25, 0.3) is 0 Å². The SMILES string of the molecule is CCC.CCC.Cc1cccc(CN(C(=O)c2ccc(C(C)(C)C)cc2)c2ccc(Cl)cc2)n1. The maximum atomic E-state index is 13.3. The van der Waals surface area contributed by atoms with Gasteiger partial charge in [-0.2, -0.15) is 0 Å². The summed E-state index contributed by atoms with van der Waals surface area (Å²) in [6.45, 7) is 17.3. The topological polar surface area (TPSA) is 33.2 Å². The highest BCUT2D eigenvalue weighted by molar-refractivity contribution is 6.30. The van der Waals surface area contributed by atoms with Crippen LogP contribution >= 0.6 is 11.6 Å². The summed E-state index contributed by atoms with van der Waals surface area (Å²) >= 11 is 6.04. The van der Waals surface area contributed by atoms with Crippen LogP contribution in [0.3, 0.4) is 0 Å². The Bertz CT molecular complexity index is 988. The average Bonchev–Trinajstić information content (AvgIpc) is 2.78. The first-order chi connectivity index (χ1) is 16.1. The molecule has 3 aromatic rings. The van der Waals surface area contributed by atoms with Crippen LogP contribution in [0.15, 0.2) is 66.7 Å². The van der Waals surface area contributed by atoms with Gasteiger partial charge in [0, 0.05) is 22.0 Å². The summed E-state index contributed by atoms with van der Waals surface area (Å²) in [5.74, 6) is -0.0638. The molecule has 34 heavy (non-hydrogen) atoms. The van der Waals surface area contributed by atoms with Gasteiger partial charge in [-0.05, 0) is 66.4 Å². The standard InChI is InChI=1S/C24H25ClN2O.2C3H8/c1-17-6-5-7-21(26-17)16-27(22-14-12-20(25)13-15-22)23(28)18-8-10-19(11-9-18)24(2,3)4;2*1-3-2/h5-15H,16H2,1-4H3;2*3H2,1-2H3. The van der Waals surface area contributed by atoms with Crippen molar-refractivity contribution in [3.05, 3.63) is 94.3 Å². The van der Waals surface area contributed by atoms with Crippen molar-refractivity contribution < 1.29 is 4.79 Å². The molecule has 1 aromatic heterocycles. The summed E-state index contributed by atoms with van der Waals surface area (Å²) in [6, 6.07) is 21.0. The van der Waals surface area contributed by atoms with Crippen molar-refractivity contribution in [2.24, 2.45) is 0 Å². The highest BCUT2D eigenvalue weighted by atomic mass is 35.5. The van der Waals surface area contributed by atoms with E-state index in [1.54, 1.807) is 17.0 Å². The van der Waals surface area contributed by atoms with Crippen molar-refractivity contribution in [1.82, 2.24) is 4.98 Å². The number of amides is 1. The Hall–Kier alpha value is -2.65. The number of aromatic nitrogens is 1. The second-order valence-corrected chi connectivity index (χ2v) is 9.82. The van der Waals surface area contributed by atoms with Gasteiger partial charge in [0.25, 0.3) is 5.91 Å². The molecule has 0 fully saturated rings. The molecule has 0 N–H and O–H groups in total. The minimum absolute atomic E-state index is 0.0446. The summed E-state index contributed by atoms with van der Waals surface area (Å²) in [4.78, 5) is 19.6. The number of pyridine rings is 1.